The van der Waals surface area contributed by atoms with Crippen molar-refractivity contribution in [2.45, 2.75) is 63.3 Å². The molecule has 0 aliphatic carbocycles. The zero-order valence-electron chi connectivity index (χ0n) is 24.3. The summed E-state index contributed by atoms with van der Waals surface area (Å²) in [6.07, 6.45) is -2.32. The summed E-state index contributed by atoms with van der Waals surface area (Å²) in [4.78, 5) is 14.6. The summed E-state index contributed by atoms with van der Waals surface area (Å²) < 4.78 is 26.1. The van der Waals surface area contributed by atoms with Gasteiger partial charge in [-0.3, -0.25) is 4.79 Å². The largest absolute Gasteiger partial charge is 0.368 e. The predicted molar refractivity (Wildman–Crippen MR) is 167 cm³/mol. The first-order valence-electron chi connectivity index (χ1n) is 14.6. The molecule has 1 fully saturated rings. The van der Waals surface area contributed by atoms with Gasteiger partial charge >= 0.3 is 0 Å². The number of rotatable bonds is 13. The lowest BCUT2D eigenvalue weighted by molar-refractivity contribution is -0.250. The normalized spacial score (nSPS) is 21.8. The molecule has 7 heteroatoms. The maximum atomic E-state index is 12.8. The molecule has 4 aromatic carbocycles. The molecule has 0 unspecified atom stereocenters. The summed E-state index contributed by atoms with van der Waals surface area (Å²) in [6.45, 7) is 3.32. The Kier molecular flexibility index (Phi) is 11.4. The van der Waals surface area contributed by atoms with Crippen molar-refractivity contribution in [3.63, 3.8) is 0 Å². The Morgan fingerprint density at radius 2 is 1.02 bits per heavy atom. The minimum atomic E-state index is -0.823. The fourth-order valence-corrected chi connectivity index (χ4v) is 5.55. The van der Waals surface area contributed by atoms with Gasteiger partial charge in [-0.15, -0.1) is 0 Å². The average molecular weight is 600 g/mol. The maximum absolute atomic E-state index is 12.8. The number of carbonyl (C=O) groups is 1. The van der Waals surface area contributed by atoms with Crippen molar-refractivity contribution >= 4 is 17.5 Å². The van der Waals surface area contributed by atoms with Crippen molar-refractivity contribution in [1.29, 1.82) is 0 Å². The fourth-order valence-electron chi connectivity index (χ4n) is 5.20. The highest BCUT2D eigenvalue weighted by atomic mass is 35.5. The van der Waals surface area contributed by atoms with E-state index in [1.807, 2.05) is 121 Å². The molecule has 224 valence electrons. The molecule has 1 heterocycles. The maximum Gasteiger partial charge on any atom is 0.219 e. The molecule has 1 aliphatic heterocycles. The van der Waals surface area contributed by atoms with Gasteiger partial charge in [0, 0.05) is 20.0 Å². The molecular weight excluding hydrogens is 562 g/mol. The second-order valence-corrected chi connectivity index (χ2v) is 11.1. The smallest absolute Gasteiger partial charge is 0.219 e. The van der Waals surface area contributed by atoms with Crippen molar-refractivity contribution in [3.8, 4) is 0 Å². The lowest BCUT2D eigenvalue weighted by atomic mass is 9.97. The van der Waals surface area contributed by atoms with Gasteiger partial charge in [-0.1, -0.05) is 133 Å². The van der Waals surface area contributed by atoms with E-state index < -0.39 is 30.0 Å². The third-order valence-electron chi connectivity index (χ3n) is 7.49. The van der Waals surface area contributed by atoms with Crippen LogP contribution in [0.3, 0.4) is 0 Å². The zero-order chi connectivity index (χ0) is 29.9. The van der Waals surface area contributed by atoms with Crippen LogP contribution in [0.2, 0.25) is 0 Å². The summed E-state index contributed by atoms with van der Waals surface area (Å²) in [5, 5.41) is 0. The number of halogens is 1. The van der Waals surface area contributed by atoms with Crippen LogP contribution in [0.25, 0.3) is 0 Å². The Labute approximate surface area is 259 Å². The quantitative estimate of drug-likeness (QED) is 0.159. The topological polar surface area (TPSA) is 57.2 Å². The van der Waals surface area contributed by atoms with E-state index in [1.165, 1.54) is 0 Å². The highest BCUT2D eigenvalue weighted by Crippen LogP contribution is 2.33. The van der Waals surface area contributed by atoms with Crippen LogP contribution < -0.4 is 0 Å². The van der Waals surface area contributed by atoms with E-state index in [0.717, 1.165) is 22.3 Å². The number of amides is 1. The molecule has 0 aromatic heterocycles. The van der Waals surface area contributed by atoms with E-state index in [4.69, 9.17) is 30.5 Å². The first-order valence-corrected chi connectivity index (χ1v) is 15.1. The molecule has 6 nitrogen and oxygen atoms in total. The Bertz CT molecular complexity index is 1380. The van der Waals surface area contributed by atoms with Gasteiger partial charge in [0.1, 0.15) is 24.4 Å². The first kappa shape index (κ1) is 30.9. The highest BCUT2D eigenvalue weighted by Gasteiger charge is 2.48. The van der Waals surface area contributed by atoms with Crippen molar-refractivity contribution in [1.82, 2.24) is 4.90 Å². The summed E-state index contributed by atoms with van der Waals surface area (Å²) >= 11 is 6.94. The minimum absolute atomic E-state index is 0.0652. The highest BCUT2D eigenvalue weighted by molar-refractivity contribution is 6.20. The molecule has 0 N–H and O–H groups in total. The molecule has 0 radical (unpaired) electrons. The average Bonchev–Trinajstić information content (AvgIpc) is 3.04. The van der Waals surface area contributed by atoms with Crippen LogP contribution in [0, 0.1) is 0 Å². The number of benzene rings is 4. The van der Waals surface area contributed by atoms with Crippen LogP contribution in [-0.2, 0) is 50.1 Å². The van der Waals surface area contributed by atoms with Crippen LogP contribution in [0.1, 0.15) is 29.2 Å². The van der Waals surface area contributed by atoms with Crippen LogP contribution in [0.4, 0.5) is 0 Å². The van der Waals surface area contributed by atoms with Gasteiger partial charge in [-0.25, -0.2) is 0 Å². The van der Waals surface area contributed by atoms with Gasteiger partial charge < -0.3 is 23.8 Å². The lowest BCUT2D eigenvalue weighted by Crippen LogP contribution is -2.61. The van der Waals surface area contributed by atoms with E-state index in [2.05, 4.69) is 0 Å². The molecule has 43 heavy (non-hydrogen) atoms. The zero-order valence-corrected chi connectivity index (χ0v) is 25.1. The predicted octanol–water partition coefficient (Wildman–Crippen LogP) is 6.76. The van der Waals surface area contributed by atoms with Gasteiger partial charge in [0.25, 0.3) is 0 Å². The second kappa shape index (κ2) is 15.8. The van der Waals surface area contributed by atoms with Gasteiger partial charge in [0.15, 0.2) is 5.56 Å². The fraction of sp³-hybridized carbons (Fsp3) is 0.306. The van der Waals surface area contributed by atoms with E-state index >= 15 is 0 Å². The molecule has 1 aliphatic rings. The Morgan fingerprint density at radius 1 is 0.628 bits per heavy atom. The van der Waals surface area contributed by atoms with Crippen LogP contribution in [0.15, 0.2) is 121 Å². The number of alkyl halides is 1. The second-order valence-electron chi connectivity index (χ2n) is 10.7. The van der Waals surface area contributed by atoms with Crippen LogP contribution in [0.5, 0.6) is 0 Å². The molecule has 0 saturated carbocycles. The van der Waals surface area contributed by atoms with E-state index in [1.54, 1.807) is 11.8 Å². The number of hydrogen-bond donors (Lipinski definition) is 0. The molecule has 5 rings (SSSR count). The lowest BCUT2D eigenvalue weighted by Gasteiger charge is -2.45. The molecular formula is C36H38ClNO5. The Balaban J connectivity index is 1.42. The molecule has 1 saturated heterocycles. The summed E-state index contributed by atoms with van der Waals surface area (Å²) in [7, 11) is 0. The molecule has 4 aromatic rings. The molecule has 0 spiro atoms. The third-order valence-corrected chi connectivity index (χ3v) is 7.85. The molecule has 0 bridgehead atoms. The Morgan fingerprint density at radius 3 is 1.47 bits per heavy atom. The van der Waals surface area contributed by atoms with Crippen LogP contribution in [-0.4, -0.2) is 47.3 Å². The van der Waals surface area contributed by atoms with Crippen molar-refractivity contribution < 1.29 is 23.7 Å². The summed E-state index contributed by atoms with van der Waals surface area (Å²) in [6, 6.07) is 39.8. The van der Waals surface area contributed by atoms with Gasteiger partial charge in [0.2, 0.25) is 5.91 Å². The molecule has 1 amide bonds. The summed E-state index contributed by atoms with van der Waals surface area (Å²) in [5.41, 5.74) is 3.26. The standard InChI is InChI=1S/C36H38ClNO5/c1-27(39)38(22-28-14-6-2-7-15-28)23-32-33(40-24-29-16-8-3-9-17-29)34(41-25-30-18-10-4-11-19-30)35(36(37)43-32)42-26-31-20-12-5-13-21-31/h2-21,32-36H,22-26H2,1H3/t32-,33-,34+,35-,36+/m1/s1. The monoisotopic (exact) mass is 599 g/mol. The number of ether oxygens (including phenoxy) is 4. The van der Waals surface area contributed by atoms with Crippen molar-refractivity contribution in [2.75, 3.05) is 6.54 Å². The summed E-state index contributed by atoms with van der Waals surface area (Å²) in [5.74, 6) is -0.0652. The minimum Gasteiger partial charge on any atom is -0.368 e. The Hall–Kier alpha value is -3.52. The SMILES string of the molecule is CC(=O)N(Cc1ccccc1)C[C@H]1O[C@H](Cl)[C@H](OCc2ccccc2)[C@@H](OCc2ccccc2)[C@@H]1OCc1ccccc1. The number of nitrogens with zero attached hydrogens (tertiary/aromatic N) is 1. The van der Waals surface area contributed by atoms with E-state index in [0.29, 0.717) is 26.4 Å². The number of carbonyl (C=O) groups excluding carboxylic acids is 1. The first-order chi connectivity index (χ1) is 21.1. The molecule has 5 atom stereocenters. The third kappa shape index (κ3) is 8.99. The van der Waals surface area contributed by atoms with Crippen molar-refractivity contribution in [3.05, 3.63) is 144 Å². The number of hydrogen-bond acceptors (Lipinski definition) is 5. The van der Waals surface area contributed by atoms with Gasteiger partial charge in [-0.05, 0) is 22.3 Å². The van der Waals surface area contributed by atoms with Crippen LogP contribution >= 0.6 is 11.6 Å². The van der Waals surface area contributed by atoms with E-state index in [-0.39, 0.29) is 12.5 Å². The van der Waals surface area contributed by atoms with E-state index in [9.17, 15) is 4.79 Å². The van der Waals surface area contributed by atoms with Crippen molar-refractivity contribution in [2.24, 2.45) is 0 Å². The van der Waals surface area contributed by atoms with Gasteiger partial charge in [0.05, 0.1) is 19.8 Å². The van der Waals surface area contributed by atoms with Gasteiger partial charge in [-0.2, -0.15) is 0 Å².